The van der Waals surface area contributed by atoms with Gasteiger partial charge in [0.2, 0.25) is 0 Å². The van der Waals surface area contributed by atoms with Gasteiger partial charge in [-0.05, 0) is 19.3 Å². The number of rotatable bonds is 10. The van der Waals surface area contributed by atoms with Crippen LogP contribution in [-0.4, -0.2) is 24.8 Å². The van der Waals surface area contributed by atoms with Gasteiger partial charge in [-0.15, -0.1) is 0 Å². The number of nitrogens with zero attached hydrogens (tertiary/aromatic N) is 1. The molecule has 0 rings (SSSR count). The molecule has 15 heavy (non-hydrogen) atoms. The van der Waals surface area contributed by atoms with E-state index < -0.39 is 0 Å². The fourth-order valence-corrected chi connectivity index (χ4v) is 1.73. The number of hydrogen-bond donors (Lipinski definition) is 0. The van der Waals surface area contributed by atoms with E-state index in [1.807, 2.05) is 0 Å². The smallest absolute Gasteiger partial charge is 0.0682 e. The Kier molecular flexibility index (Phi) is 10.4. The third-order valence-electron chi connectivity index (χ3n) is 2.80. The molecule has 0 saturated carbocycles. The molecular weight excluding hydrogens is 186 g/mol. The predicted octanol–water partition coefficient (Wildman–Crippen LogP) is 4.01. The van der Waals surface area contributed by atoms with Crippen molar-refractivity contribution in [3.05, 3.63) is 0 Å². The van der Waals surface area contributed by atoms with Crippen LogP contribution in [0.2, 0.25) is 0 Å². The highest BCUT2D eigenvalue weighted by atomic mass is 16.7. The van der Waals surface area contributed by atoms with Crippen LogP contribution in [-0.2, 0) is 4.84 Å². The first kappa shape index (κ1) is 14.9. The van der Waals surface area contributed by atoms with E-state index in [4.69, 9.17) is 4.84 Å². The normalized spacial score (nSPS) is 11.6. The summed E-state index contributed by atoms with van der Waals surface area (Å²) in [6, 6.07) is 0.622. The summed E-state index contributed by atoms with van der Waals surface area (Å²) in [5.74, 6) is 0. The number of unbranched alkanes of at least 4 members (excludes halogenated alkanes) is 2. The molecule has 0 aromatic rings. The first-order chi connectivity index (χ1) is 7.26. The summed E-state index contributed by atoms with van der Waals surface area (Å²) >= 11 is 0. The maximum Gasteiger partial charge on any atom is 0.0682 e. The Morgan fingerprint density at radius 1 is 0.933 bits per heavy atom. The molecule has 0 aromatic heterocycles. The fourth-order valence-electron chi connectivity index (χ4n) is 1.73. The lowest BCUT2D eigenvalue weighted by Gasteiger charge is -2.27. The lowest BCUT2D eigenvalue weighted by atomic mass is 10.0. The zero-order valence-electron chi connectivity index (χ0n) is 11.1. The van der Waals surface area contributed by atoms with Gasteiger partial charge in [0, 0.05) is 13.1 Å². The summed E-state index contributed by atoms with van der Waals surface area (Å²) in [6.07, 6.45) is 8.84. The van der Waals surface area contributed by atoms with Crippen molar-refractivity contribution >= 4 is 0 Å². The summed E-state index contributed by atoms with van der Waals surface area (Å²) in [5.41, 5.74) is 0. The van der Waals surface area contributed by atoms with E-state index in [0.717, 1.165) is 13.0 Å². The minimum absolute atomic E-state index is 0.622. The van der Waals surface area contributed by atoms with E-state index in [-0.39, 0.29) is 0 Å². The molecule has 0 spiro atoms. The van der Waals surface area contributed by atoms with Gasteiger partial charge in [-0.3, -0.25) is 4.84 Å². The van der Waals surface area contributed by atoms with Crippen LogP contribution in [0.3, 0.4) is 0 Å². The van der Waals surface area contributed by atoms with Crippen LogP contribution in [0.25, 0.3) is 0 Å². The van der Waals surface area contributed by atoms with Gasteiger partial charge in [0.05, 0.1) is 6.61 Å². The fraction of sp³-hybridized carbons (Fsp3) is 1.00. The average Bonchev–Trinajstić information content (AvgIpc) is 2.26. The van der Waals surface area contributed by atoms with Gasteiger partial charge in [-0.1, -0.05) is 46.5 Å². The topological polar surface area (TPSA) is 12.5 Å². The summed E-state index contributed by atoms with van der Waals surface area (Å²) in [5, 5.41) is 2.09. The molecule has 0 aliphatic rings. The van der Waals surface area contributed by atoms with Gasteiger partial charge >= 0.3 is 0 Å². The Morgan fingerprint density at radius 3 is 1.87 bits per heavy atom. The molecule has 0 aromatic carbocycles. The van der Waals surface area contributed by atoms with E-state index >= 15 is 0 Å². The summed E-state index contributed by atoms with van der Waals surface area (Å²) in [6.45, 7) is 7.51. The molecule has 0 saturated heterocycles. The molecule has 0 aliphatic heterocycles. The van der Waals surface area contributed by atoms with Crippen molar-refractivity contribution in [2.24, 2.45) is 0 Å². The van der Waals surface area contributed by atoms with Crippen molar-refractivity contribution in [3.8, 4) is 0 Å². The standard InChI is InChI=1S/C13H29NO/c1-5-8-10-13(11-9-6-2)14(4)15-12-7-3/h13H,5-12H2,1-4H3. The molecule has 0 aliphatic carbocycles. The molecule has 2 heteroatoms. The van der Waals surface area contributed by atoms with E-state index in [1.54, 1.807) is 0 Å². The molecule has 2 nitrogen and oxygen atoms in total. The second kappa shape index (κ2) is 10.4. The molecule has 0 N–H and O–H groups in total. The molecule has 92 valence electrons. The summed E-state index contributed by atoms with van der Waals surface area (Å²) < 4.78 is 0. The van der Waals surface area contributed by atoms with Crippen LogP contribution in [0.15, 0.2) is 0 Å². The number of hydrogen-bond acceptors (Lipinski definition) is 2. The minimum atomic E-state index is 0.622. The van der Waals surface area contributed by atoms with Crippen LogP contribution in [0, 0.1) is 0 Å². The zero-order valence-corrected chi connectivity index (χ0v) is 11.1. The largest absolute Gasteiger partial charge is 0.299 e. The highest BCUT2D eigenvalue weighted by Gasteiger charge is 2.13. The Balaban J connectivity index is 3.84. The second-order valence-corrected chi connectivity index (χ2v) is 4.32. The zero-order chi connectivity index (χ0) is 11.5. The van der Waals surface area contributed by atoms with Crippen molar-refractivity contribution in [3.63, 3.8) is 0 Å². The predicted molar refractivity (Wildman–Crippen MR) is 66.8 cm³/mol. The van der Waals surface area contributed by atoms with Crippen LogP contribution >= 0.6 is 0 Å². The molecular formula is C13H29NO. The van der Waals surface area contributed by atoms with Crippen LogP contribution in [0.5, 0.6) is 0 Å². The first-order valence-corrected chi connectivity index (χ1v) is 6.61. The quantitative estimate of drug-likeness (QED) is 0.511. The maximum absolute atomic E-state index is 5.68. The summed E-state index contributed by atoms with van der Waals surface area (Å²) in [7, 11) is 2.09. The Hall–Kier alpha value is -0.0800. The van der Waals surface area contributed by atoms with Gasteiger partial charge < -0.3 is 0 Å². The average molecular weight is 215 g/mol. The van der Waals surface area contributed by atoms with Crippen LogP contribution in [0.1, 0.15) is 65.7 Å². The van der Waals surface area contributed by atoms with Crippen molar-refractivity contribution in [2.45, 2.75) is 71.8 Å². The highest BCUT2D eigenvalue weighted by Crippen LogP contribution is 2.14. The van der Waals surface area contributed by atoms with Crippen molar-refractivity contribution in [2.75, 3.05) is 13.7 Å². The SMILES string of the molecule is CCCCC(CCCC)N(C)OCCC. The molecule has 0 unspecified atom stereocenters. The van der Waals surface area contributed by atoms with Gasteiger partial charge in [-0.2, -0.15) is 5.06 Å². The minimum Gasteiger partial charge on any atom is -0.299 e. The second-order valence-electron chi connectivity index (χ2n) is 4.32. The highest BCUT2D eigenvalue weighted by molar-refractivity contribution is 4.63. The van der Waals surface area contributed by atoms with E-state index in [9.17, 15) is 0 Å². The van der Waals surface area contributed by atoms with Gasteiger partial charge in [0.15, 0.2) is 0 Å². The first-order valence-electron chi connectivity index (χ1n) is 6.61. The number of hydroxylamine groups is 2. The van der Waals surface area contributed by atoms with Crippen molar-refractivity contribution in [1.29, 1.82) is 0 Å². The Bertz CT molecular complexity index is 120. The third-order valence-corrected chi connectivity index (χ3v) is 2.80. The summed E-state index contributed by atoms with van der Waals surface area (Å²) in [4.78, 5) is 5.68. The van der Waals surface area contributed by atoms with Crippen molar-refractivity contribution < 1.29 is 4.84 Å². The molecule has 0 bridgehead atoms. The Labute approximate surface area is 95.9 Å². The molecule has 0 atom stereocenters. The molecule has 0 amide bonds. The van der Waals surface area contributed by atoms with Crippen LogP contribution in [0.4, 0.5) is 0 Å². The van der Waals surface area contributed by atoms with Crippen LogP contribution < -0.4 is 0 Å². The molecule has 0 heterocycles. The van der Waals surface area contributed by atoms with Gasteiger partial charge in [-0.25, -0.2) is 0 Å². The lowest BCUT2D eigenvalue weighted by molar-refractivity contribution is -0.171. The van der Waals surface area contributed by atoms with Gasteiger partial charge in [0.25, 0.3) is 0 Å². The maximum atomic E-state index is 5.68. The molecule has 0 fully saturated rings. The lowest BCUT2D eigenvalue weighted by Crippen LogP contribution is -2.32. The monoisotopic (exact) mass is 215 g/mol. The van der Waals surface area contributed by atoms with E-state index in [0.29, 0.717) is 6.04 Å². The molecule has 0 radical (unpaired) electrons. The third kappa shape index (κ3) is 7.80. The Morgan fingerprint density at radius 2 is 1.47 bits per heavy atom. The van der Waals surface area contributed by atoms with E-state index in [2.05, 4.69) is 32.9 Å². The van der Waals surface area contributed by atoms with Gasteiger partial charge in [0.1, 0.15) is 0 Å². The van der Waals surface area contributed by atoms with E-state index in [1.165, 1.54) is 38.5 Å². The van der Waals surface area contributed by atoms with Crippen molar-refractivity contribution in [1.82, 2.24) is 5.06 Å².